The number of benzene rings is 1. The van der Waals surface area contributed by atoms with Crippen molar-refractivity contribution >= 4 is 0 Å². The second-order valence-corrected chi connectivity index (χ2v) is 4.66. The van der Waals surface area contributed by atoms with Gasteiger partial charge in [0.1, 0.15) is 11.4 Å². The van der Waals surface area contributed by atoms with Gasteiger partial charge in [0.25, 0.3) is 0 Å². The van der Waals surface area contributed by atoms with Crippen LogP contribution in [0.15, 0.2) is 18.2 Å². The van der Waals surface area contributed by atoms with Crippen molar-refractivity contribution < 1.29 is 4.74 Å². The molecule has 0 saturated heterocycles. The van der Waals surface area contributed by atoms with E-state index in [2.05, 4.69) is 51.2 Å². The first-order chi connectivity index (χ1) is 6.94. The summed E-state index contributed by atoms with van der Waals surface area (Å²) in [6, 6.07) is 6.29. The minimum absolute atomic E-state index is 0.173. The molecule has 0 bridgehead atoms. The average Bonchev–Trinajstić information content (AvgIpc) is 2.10. The highest BCUT2D eigenvalue weighted by atomic mass is 16.5. The normalized spacial score (nSPS) is 11.5. The molecule has 1 rings (SSSR count). The van der Waals surface area contributed by atoms with Crippen LogP contribution in [0.3, 0.4) is 0 Å². The first kappa shape index (κ1) is 12.1. The zero-order valence-corrected chi connectivity index (χ0v) is 10.3. The van der Waals surface area contributed by atoms with E-state index < -0.39 is 0 Å². The van der Waals surface area contributed by atoms with Crippen molar-refractivity contribution in [2.75, 3.05) is 13.6 Å². The summed E-state index contributed by atoms with van der Waals surface area (Å²) in [7, 11) is 1.94. The summed E-state index contributed by atoms with van der Waals surface area (Å²) in [5.74, 6) is 0.982. The molecule has 0 aliphatic carbocycles. The van der Waals surface area contributed by atoms with Gasteiger partial charge in [-0.3, -0.25) is 0 Å². The minimum Gasteiger partial charge on any atom is -0.486 e. The Kier molecular flexibility index (Phi) is 3.75. The van der Waals surface area contributed by atoms with Crippen molar-refractivity contribution in [3.05, 3.63) is 29.3 Å². The quantitative estimate of drug-likeness (QED) is 0.819. The summed E-state index contributed by atoms with van der Waals surface area (Å²) in [5.41, 5.74) is 2.24. The van der Waals surface area contributed by atoms with Crippen LogP contribution < -0.4 is 10.1 Å². The molecule has 84 valence electrons. The molecule has 0 aromatic heterocycles. The van der Waals surface area contributed by atoms with Gasteiger partial charge in [-0.1, -0.05) is 12.1 Å². The fourth-order valence-electron chi connectivity index (χ4n) is 1.58. The molecule has 2 nitrogen and oxygen atoms in total. The number of hydrogen-bond donors (Lipinski definition) is 1. The number of likely N-dealkylation sites (N-methyl/N-ethyl adjacent to an activating group) is 1. The van der Waals surface area contributed by atoms with Gasteiger partial charge >= 0.3 is 0 Å². The van der Waals surface area contributed by atoms with Crippen LogP contribution in [0.1, 0.15) is 25.0 Å². The number of ether oxygens (including phenoxy) is 1. The van der Waals surface area contributed by atoms with E-state index in [0.717, 1.165) is 12.3 Å². The standard InChI is InChI=1S/C13H21NO/c1-10-6-7-11(2)12(8-10)15-13(3,4)9-14-5/h6-8,14H,9H2,1-5H3. The van der Waals surface area contributed by atoms with Crippen molar-refractivity contribution in [1.29, 1.82) is 0 Å². The molecule has 0 saturated carbocycles. The van der Waals surface area contributed by atoms with Crippen LogP contribution in [0, 0.1) is 13.8 Å². The monoisotopic (exact) mass is 207 g/mol. The predicted octanol–water partition coefficient (Wildman–Crippen LogP) is 2.68. The van der Waals surface area contributed by atoms with Crippen molar-refractivity contribution in [2.45, 2.75) is 33.3 Å². The van der Waals surface area contributed by atoms with E-state index in [1.165, 1.54) is 11.1 Å². The molecule has 0 aliphatic rings. The Balaban J connectivity index is 2.83. The van der Waals surface area contributed by atoms with Crippen LogP contribution in [0.2, 0.25) is 0 Å². The molecule has 0 aliphatic heterocycles. The number of nitrogens with one attached hydrogen (secondary N) is 1. The van der Waals surface area contributed by atoms with E-state index in [1.807, 2.05) is 7.05 Å². The Hall–Kier alpha value is -1.02. The molecule has 0 unspecified atom stereocenters. The maximum atomic E-state index is 5.99. The van der Waals surface area contributed by atoms with Gasteiger partial charge in [0, 0.05) is 6.54 Å². The molecule has 0 amide bonds. The molecule has 0 fully saturated rings. The predicted molar refractivity (Wildman–Crippen MR) is 64.5 cm³/mol. The Morgan fingerprint density at radius 3 is 2.53 bits per heavy atom. The van der Waals surface area contributed by atoms with E-state index in [1.54, 1.807) is 0 Å². The molecule has 1 aromatic rings. The molecule has 1 aromatic carbocycles. The van der Waals surface area contributed by atoms with Gasteiger partial charge < -0.3 is 10.1 Å². The van der Waals surface area contributed by atoms with E-state index in [-0.39, 0.29) is 5.60 Å². The molecule has 15 heavy (non-hydrogen) atoms. The highest BCUT2D eigenvalue weighted by Crippen LogP contribution is 2.23. The molecule has 2 heteroatoms. The SMILES string of the molecule is CNCC(C)(C)Oc1cc(C)ccc1C. The lowest BCUT2D eigenvalue weighted by Crippen LogP contribution is -2.39. The lowest BCUT2D eigenvalue weighted by Gasteiger charge is -2.27. The Labute approximate surface area is 92.6 Å². The Morgan fingerprint density at radius 2 is 1.93 bits per heavy atom. The second-order valence-electron chi connectivity index (χ2n) is 4.66. The molecule has 0 atom stereocenters. The molecule has 1 N–H and O–H groups in total. The van der Waals surface area contributed by atoms with Crippen LogP contribution >= 0.6 is 0 Å². The summed E-state index contributed by atoms with van der Waals surface area (Å²) >= 11 is 0. The van der Waals surface area contributed by atoms with Gasteiger partial charge in [-0.15, -0.1) is 0 Å². The van der Waals surface area contributed by atoms with Gasteiger partial charge in [-0.05, 0) is 51.9 Å². The average molecular weight is 207 g/mol. The van der Waals surface area contributed by atoms with Crippen LogP contribution in [-0.4, -0.2) is 19.2 Å². The van der Waals surface area contributed by atoms with Gasteiger partial charge in [-0.25, -0.2) is 0 Å². The van der Waals surface area contributed by atoms with E-state index in [0.29, 0.717) is 0 Å². The van der Waals surface area contributed by atoms with E-state index >= 15 is 0 Å². The second kappa shape index (κ2) is 4.67. The molecular formula is C13H21NO. The molecular weight excluding hydrogens is 186 g/mol. The smallest absolute Gasteiger partial charge is 0.123 e. The third kappa shape index (κ3) is 3.56. The van der Waals surface area contributed by atoms with E-state index in [9.17, 15) is 0 Å². The van der Waals surface area contributed by atoms with Crippen molar-refractivity contribution in [1.82, 2.24) is 5.32 Å². The largest absolute Gasteiger partial charge is 0.486 e. The van der Waals surface area contributed by atoms with Gasteiger partial charge in [0.15, 0.2) is 0 Å². The first-order valence-electron chi connectivity index (χ1n) is 5.35. The highest BCUT2D eigenvalue weighted by Gasteiger charge is 2.19. The van der Waals surface area contributed by atoms with Crippen LogP contribution in [-0.2, 0) is 0 Å². The van der Waals surface area contributed by atoms with Gasteiger partial charge in [0.2, 0.25) is 0 Å². The molecule has 0 spiro atoms. The van der Waals surface area contributed by atoms with Crippen LogP contribution in [0.5, 0.6) is 5.75 Å². The first-order valence-corrected chi connectivity index (χ1v) is 5.35. The summed E-state index contributed by atoms with van der Waals surface area (Å²) < 4.78 is 5.99. The fraction of sp³-hybridized carbons (Fsp3) is 0.538. The summed E-state index contributed by atoms with van der Waals surface area (Å²) in [4.78, 5) is 0. The minimum atomic E-state index is -0.173. The summed E-state index contributed by atoms with van der Waals surface area (Å²) in [6.07, 6.45) is 0. The lowest BCUT2D eigenvalue weighted by molar-refractivity contribution is 0.109. The maximum Gasteiger partial charge on any atom is 0.123 e. The van der Waals surface area contributed by atoms with Crippen LogP contribution in [0.4, 0.5) is 0 Å². The lowest BCUT2D eigenvalue weighted by atomic mass is 10.1. The van der Waals surface area contributed by atoms with Crippen molar-refractivity contribution in [2.24, 2.45) is 0 Å². The van der Waals surface area contributed by atoms with Crippen molar-refractivity contribution in [3.8, 4) is 5.75 Å². The Morgan fingerprint density at radius 1 is 1.27 bits per heavy atom. The highest BCUT2D eigenvalue weighted by molar-refractivity contribution is 5.36. The van der Waals surface area contributed by atoms with Crippen molar-refractivity contribution in [3.63, 3.8) is 0 Å². The Bertz CT molecular complexity index is 331. The molecule has 0 radical (unpaired) electrons. The molecule has 0 heterocycles. The zero-order valence-electron chi connectivity index (χ0n) is 10.3. The van der Waals surface area contributed by atoms with Gasteiger partial charge in [-0.2, -0.15) is 0 Å². The fourth-order valence-corrected chi connectivity index (χ4v) is 1.58. The zero-order chi connectivity index (χ0) is 11.5. The third-order valence-corrected chi connectivity index (χ3v) is 2.33. The topological polar surface area (TPSA) is 21.3 Å². The summed E-state index contributed by atoms with van der Waals surface area (Å²) in [5, 5.41) is 3.14. The maximum absolute atomic E-state index is 5.99. The van der Waals surface area contributed by atoms with Gasteiger partial charge in [0.05, 0.1) is 0 Å². The van der Waals surface area contributed by atoms with Crippen LogP contribution in [0.25, 0.3) is 0 Å². The third-order valence-electron chi connectivity index (χ3n) is 2.33. The summed E-state index contributed by atoms with van der Waals surface area (Å²) in [6.45, 7) is 9.17. The van der Waals surface area contributed by atoms with E-state index in [4.69, 9.17) is 4.74 Å². The number of aryl methyl sites for hydroxylation is 2. The number of rotatable bonds is 4. The number of hydrogen-bond acceptors (Lipinski definition) is 2.